The maximum atomic E-state index is 12.0. The zero-order valence-electron chi connectivity index (χ0n) is 13.9. The number of sulfonamides is 1. The lowest BCUT2D eigenvalue weighted by Crippen LogP contribution is -2.24. The van der Waals surface area contributed by atoms with Crippen LogP contribution in [0.1, 0.15) is 27.9 Å². The Balaban J connectivity index is 1.77. The minimum atomic E-state index is -3.25. The SMILES string of the molecule is Cc1cccc(C(=O)NCCCc2ccc(NS(C)(=O)=O)cc2)c1. The van der Waals surface area contributed by atoms with Crippen LogP contribution < -0.4 is 10.0 Å². The van der Waals surface area contributed by atoms with Crippen molar-refractivity contribution in [3.8, 4) is 0 Å². The summed E-state index contributed by atoms with van der Waals surface area (Å²) in [6.07, 6.45) is 2.75. The van der Waals surface area contributed by atoms with E-state index in [9.17, 15) is 13.2 Å². The van der Waals surface area contributed by atoms with Gasteiger partial charge in [-0.15, -0.1) is 0 Å². The number of hydrogen-bond acceptors (Lipinski definition) is 3. The van der Waals surface area contributed by atoms with Gasteiger partial charge in [-0.05, 0) is 49.6 Å². The minimum Gasteiger partial charge on any atom is -0.352 e. The van der Waals surface area contributed by atoms with Gasteiger partial charge in [0.25, 0.3) is 5.91 Å². The van der Waals surface area contributed by atoms with Crippen molar-refractivity contribution in [2.75, 3.05) is 17.5 Å². The van der Waals surface area contributed by atoms with Crippen LogP contribution >= 0.6 is 0 Å². The molecule has 1 amide bonds. The van der Waals surface area contributed by atoms with Crippen molar-refractivity contribution in [3.05, 3.63) is 65.2 Å². The highest BCUT2D eigenvalue weighted by Gasteiger charge is 2.05. The molecule has 2 aromatic rings. The summed E-state index contributed by atoms with van der Waals surface area (Å²) in [6, 6.07) is 14.7. The van der Waals surface area contributed by atoms with Crippen LogP contribution in [0, 0.1) is 6.92 Å². The highest BCUT2D eigenvalue weighted by atomic mass is 32.2. The van der Waals surface area contributed by atoms with Gasteiger partial charge in [0.1, 0.15) is 0 Å². The van der Waals surface area contributed by atoms with E-state index in [0.29, 0.717) is 17.8 Å². The molecule has 0 radical (unpaired) electrons. The Morgan fingerprint density at radius 2 is 1.79 bits per heavy atom. The molecule has 0 aliphatic carbocycles. The van der Waals surface area contributed by atoms with Crippen molar-refractivity contribution in [1.82, 2.24) is 5.32 Å². The average Bonchev–Trinajstić information content (AvgIpc) is 2.51. The molecule has 0 atom stereocenters. The van der Waals surface area contributed by atoms with Crippen molar-refractivity contribution >= 4 is 21.6 Å². The summed E-state index contributed by atoms with van der Waals surface area (Å²) in [4.78, 5) is 12.0. The van der Waals surface area contributed by atoms with Crippen LogP contribution in [-0.4, -0.2) is 27.1 Å². The van der Waals surface area contributed by atoms with Gasteiger partial charge >= 0.3 is 0 Å². The average molecular weight is 346 g/mol. The van der Waals surface area contributed by atoms with E-state index in [1.807, 2.05) is 37.3 Å². The molecule has 0 bridgehead atoms. The highest BCUT2D eigenvalue weighted by molar-refractivity contribution is 7.92. The second-order valence-corrected chi connectivity index (χ2v) is 7.55. The quantitative estimate of drug-likeness (QED) is 0.757. The van der Waals surface area contributed by atoms with Gasteiger partial charge in [0.15, 0.2) is 0 Å². The Labute approximate surface area is 143 Å². The van der Waals surface area contributed by atoms with E-state index < -0.39 is 10.0 Å². The molecule has 0 fully saturated rings. The summed E-state index contributed by atoms with van der Waals surface area (Å²) in [6.45, 7) is 2.55. The number of hydrogen-bond donors (Lipinski definition) is 2. The molecule has 0 aliphatic rings. The zero-order valence-corrected chi connectivity index (χ0v) is 14.7. The topological polar surface area (TPSA) is 75.3 Å². The van der Waals surface area contributed by atoms with Crippen LogP contribution in [0.15, 0.2) is 48.5 Å². The summed E-state index contributed by atoms with van der Waals surface area (Å²) >= 11 is 0. The van der Waals surface area contributed by atoms with E-state index in [1.165, 1.54) is 0 Å². The third-order valence-corrected chi connectivity index (χ3v) is 4.07. The number of amides is 1. The Kier molecular flexibility index (Phi) is 5.98. The van der Waals surface area contributed by atoms with E-state index in [4.69, 9.17) is 0 Å². The van der Waals surface area contributed by atoms with Gasteiger partial charge in [-0.3, -0.25) is 9.52 Å². The van der Waals surface area contributed by atoms with Crippen LogP contribution in [0.3, 0.4) is 0 Å². The fraction of sp³-hybridized carbons (Fsp3) is 0.278. The predicted octanol–water partition coefficient (Wildman–Crippen LogP) is 2.73. The first-order valence-corrected chi connectivity index (χ1v) is 9.64. The van der Waals surface area contributed by atoms with Crippen molar-refractivity contribution in [2.45, 2.75) is 19.8 Å². The number of benzene rings is 2. The second kappa shape index (κ2) is 7.97. The molecule has 0 spiro atoms. The first-order valence-electron chi connectivity index (χ1n) is 7.75. The highest BCUT2D eigenvalue weighted by Crippen LogP contribution is 2.12. The number of carbonyl (C=O) groups excluding carboxylic acids is 1. The van der Waals surface area contributed by atoms with Crippen LogP contribution in [-0.2, 0) is 16.4 Å². The number of rotatable bonds is 7. The molecule has 6 heteroatoms. The fourth-order valence-electron chi connectivity index (χ4n) is 2.34. The van der Waals surface area contributed by atoms with Gasteiger partial charge in [-0.25, -0.2) is 8.42 Å². The van der Waals surface area contributed by atoms with Gasteiger partial charge in [-0.1, -0.05) is 29.8 Å². The normalized spacial score (nSPS) is 11.1. The van der Waals surface area contributed by atoms with Crippen LogP contribution in [0.2, 0.25) is 0 Å². The number of anilines is 1. The molecule has 2 N–H and O–H groups in total. The summed E-state index contributed by atoms with van der Waals surface area (Å²) in [5, 5.41) is 2.91. The third-order valence-electron chi connectivity index (χ3n) is 3.47. The smallest absolute Gasteiger partial charge is 0.251 e. The predicted molar refractivity (Wildman–Crippen MR) is 96.7 cm³/mol. The molecule has 24 heavy (non-hydrogen) atoms. The van der Waals surface area contributed by atoms with E-state index in [2.05, 4.69) is 10.0 Å². The summed E-state index contributed by atoms with van der Waals surface area (Å²) in [5.41, 5.74) is 3.38. The lowest BCUT2D eigenvalue weighted by Gasteiger charge is -2.07. The fourth-order valence-corrected chi connectivity index (χ4v) is 2.90. The summed E-state index contributed by atoms with van der Waals surface area (Å²) in [5.74, 6) is -0.0635. The van der Waals surface area contributed by atoms with E-state index >= 15 is 0 Å². The number of carbonyl (C=O) groups is 1. The number of nitrogens with one attached hydrogen (secondary N) is 2. The molecule has 128 valence electrons. The first kappa shape index (κ1) is 18.0. The Morgan fingerprint density at radius 3 is 2.42 bits per heavy atom. The van der Waals surface area contributed by atoms with Gasteiger partial charge in [-0.2, -0.15) is 0 Å². The maximum Gasteiger partial charge on any atom is 0.251 e. The first-order chi connectivity index (χ1) is 11.3. The second-order valence-electron chi connectivity index (χ2n) is 5.80. The maximum absolute atomic E-state index is 12.0. The largest absolute Gasteiger partial charge is 0.352 e. The van der Waals surface area contributed by atoms with E-state index in [1.54, 1.807) is 18.2 Å². The van der Waals surface area contributed by atoms with Gasteiger partial charge < -0.3 is 5.32 Å². The summed E-state index contributed by atoms with van der Waals surface area (Å²) in [7, 11) is -3.25. The molecular formula is C18H22N2O3S. The lowest BCUT2D eigenvalue weighted by atomic mass is 10.1. The Morgan fingerprint density at radius 1 is 1.08 bits per heavy atom. The Bertz CT molecular complexity index is 799. The van der Waals surface area contributed by atoms with Crippen molar-refractivity contribution < 1.29 is 13.2 Å². The molecule has 0 aliphatic heterocycles. The van der Waals surface area contributed by atoms with E-state index in [-0.39, 0.29) is 5.91 Å². The van der Waals surface area contributed by atoms with Crippen molar-refractivity contribution in [1.29, 1.82) is 0 Å². The van der Waals surface area contributed by atoms with Gasteiger partial charge in [0.2, 0.25) is 10.0 Å². The van der Waals surface area contributed by atoms with Gasteiger partial charge in [0, 0.05) is 17.8 Å². The molecule has 0 aromatic heterocycles. The monoisotopic (exact) mass is 346 g/mol. The summed E-state index contributed by atoms with van der Waals surface area (Å²) < 4.78 is 24.7. The van der Waals surface area contributed by atoms with Crippen molar-refractivity contribution in [3.63, 3.8) is 0 Å². The molecule has 0 saturated carbocycles. The lowest BCUT2D eigenvalue weighted by molar-refractivity contribution is 0.0953. The van der Waals surface area contributed by atoms with Crippen LogP contribution in [0.5, 0.6) is 0 Å². The zero-order chi connectivity index (χ0) is 17.6. The molecule has 0 unspecified atom stereocenters. The standard InChI is InChI=1S/C18H22N2O3S/c1-14-5-3-7-16(13-14)18(21)19-12-4-6-15-8-10-17(11-9-15)20-24(2,22)23/h3,5,7-11,13,20H,4,6,12H2,1-2H3,(H,19,21). The molecule has 0 saturated heterocycles. The van der Waals surface area contributed by atoms with Crippen LogP contribution in [0.25, 0.3) is 0 Å². The van der Waals surface area contributed by atoms with E-state index in [0.717, 1.165) is 30.2 Å². The molecule has 0 heterocycles. The molecular weight excluding hydrogens is 324 g/mol. The van der Waals surface area contributed by atoms with Crippen LogP contribution in [0.4, 0.5) is 5.69 Å². The number of aryl methyl sites for hydroxylation is 2. The minimum absolute atomic E-state index is 0.0635. The molecule has 2 rings (SSSR count). The van der Waals surface area contributed by atoms with Gasteiger partial charge in [0.05, 0.1) is 6.26 Å². The van der Waals surface area contributed by atoms with Crippen molar-refractivity contribution in [2.24, 2.45) is 0 Å². The third kappa shape index (κ3) is 6.04. The Hall–Kier alpha value is -2.34. The molecule has 5 nitrogen and oxygen atoms in total. The molecule has 2 aromatic carbocycles.